The van der Waals surface area contributed by atoms with Gasteiger partial charge in [-0.05, 0) is 26.0 Å². The molecule has 0 saturated carbocycles. The highest BCUT2D eigenvalue weighted by molar-refractivity contribution is 7.87. The summed E-state index contributed by atoms with van der Waals surface area (Å²) in [5.74, 6) is 0. The largest absolute Gasteiger partial charge is 0.342 e. The van der Waals surface area contributed by atoms with Gasteiger partial charge in [-0.3, -0.25) is 0 Å². The minimum absolute atomic E-state index is 0.0249. The number of benzene rings is 1. The van der Waals surface area contributed by atoms with Gasteiger partial charge in [0, 0.05) is 6.20 Å². The highest BCUT2D eigenvalue weighted by atomic mass is 32.2. The molecule has 5 nitrogen and oxygen atoms in total. The van der Waals surface area contributed by atoms with Gasteiger partial charge in [0.05, 0.1) is 5.69 Å². The van der Waals surface area contributed by atoms with Crippen LogP contribution in [0.1, 0.15) is 11.3 Å². The molecule has 0 bridgehead atoms. The Balaban J connectivity index is 2.28. The van der Waals surface area contributed by atoms with Crippen LogP contribution >= 0.6 is 0 Å². The number of rotatable bonds is 3. The molecule has 0 aliphatic carbocycles. The third kappa shape index (κ3) is 2.65. The minimum Gasteiger partial charge on any atom is -0.342 e. The van der Waals surface area contributed by atoms with Crippen molar-refractivity contribution in [2.24, 2.45) is 0 Å². The van der Waals surface area contributed by atoms with Crippen molar-refractivity contribution in [3.05, 3.63) is 41.7 Å². The van der Waals surface area contributed by atoms with Crippen molar-refractivity contribution in [3.63, 3.8) is 0 Å². The predicted molar refractivity (Wildman–Crippen MR) is 62.3 cm³/mol. The number of H-pyrrole nitrogens is 1. The van der Waals surface area contributed by atoms with Gasteiger partial charge in [-0.1, -0.05) is 17.7 Å². The van der Waals surface area contributed by atoms with Crippen molar-refractivity contribution in [2.75, 3.05) is 0 Å². The van der Waals surface area contributed by atoms with Gasteiger partial charge in [-0.2, -0.15) is 13.4 Å². The SMILES string of the molecule is Cc1ccc(S(=O)(=O)Oc2nc(C)c[nH]2)cc1. The molecule has 2 rings (SSSR count). The number of aryl methyl sites for hydroxylation is 2. The summed E-state index contributed by atoms with van der Waals surface area (Å²) < 4.78 is 28.5. The molecule has 0 aliphatic rings. The molecule has 0 radical (unpaired) electrons. The fourth-order valence-corrected chi connectivity index (χ4v) is 2.15. The lowest BCUT2D eigenvalue weighted by Gasteiger charge is -2.03. The van der Waals surface area contributed by atoms with E-state index in [1.165, 1.54) is 12.1 Å². The second kappa shape index (κ2) is 4.21. The van der Waals surface area contributed by atoms with E-state index in [0.29, 0.717) is 5.69 Å². The Kier molecular flexibility index (Phi) is 2.89. The number of aromatic amines is 1. The number of hydrogen-bond donors (Lipinski definition) is 1. The Labute approximate surface area is 99.6 Å². The maximum atomic E-state index is 11.8. The molecule has 0 fully saturated rings. The van der Waals surface area contributed by atoms with E-state index in [-0.39, 0.29) is 10.9 Å². The average Bonchev–Trinajstić information content (AvgIpc) is 2.63. The van der Waals surface area contributed by atoms with E-state index >= 15 is 0 Å². The Morgan fingerprint density at radius 1 is 1.18 bits per heavy atom. The van der Waals surface area contributed by atoms with Gasteiger partial charge >= 0.3 is 16.1 Å². The van der Waals surface area contributed by atoms with Crippen LogP contribution in [0.3, 0.4) is 0 Å². The van der Waals surface area contributed by atoms with Crippen molar-refractivity contribution in [3.8, 4) is 6.01 Å². The quantitative estimate of drug-likeness (QED) is 0.845. The maximum absolute atomic E-state index is 11.8. The Morgan fingerprint density at radius 3 is 2.35 bits per heavy atom. The number of aromatic nitrogens is 2. The first-order chi connectivity index (χ1) is 7.97. The first-order valence-corrected chi connectivity index (χ1v) is 6.41. The average molecular weight is 252 g/mol. The topological polar surface area (TPSA) is 72.1 Å². The summed E-state index contributed by atoms with van der Waals surface area (Å²) in [5, 5.41) is 0. The standard InChI is InChI=1S/C11H12N2O3S/c1-8-3-5-10(6-4-8)17(14,15)16-11-12-7-9(2)13-11/h3-7H,1-2H3,(H,12,13). The van der Waals surface area contributed by atoms with Crippen molar-refractivity contribution in [1.82, 2.24) is 9.97 Å². The van der Waals surface area contributed by atoms with Gasteiger partial charge in [0.1, 0.15) is 4.90 Å². The Hall–Kier alpha value is -1.82. The summed E-state index contributed by atoms with van der Waals surface area (Å²) in [6.45, 7) is 3.62. The van der Waals surface area contributed by atoms with Crippen LogP contribution in [0, 0.1) is 13.8 Å². The van der Waals surface area contributed by atoms with Gasteiger partial charge < -0.3 is 9.17 Å². The zero-order valence-corrected chi connectivity index (χ0v) is 10.3. The first-order valence-electron chi connectivity index (χ1n) is 5.00. The molecule has 17 heavy (non-hydrogen) atoms. The number of nitrogens with one attached hydrogen (secondary N) is 1. The van der Waals surface area contributed by atoms with Crippen molar-refractivity contribution in [1.29, 1.82) is 0 Å². The molecular weight excluding hydrogens is 240 g/mol. The summed E-state index contributed by atoms with van der Waals surface area (Å²) in [6.07, 6.45) is 1.57. The summed E-state index contributed by atoms with van der Waals surface area (Å²) in [4.78, 5) is 6.62. The molecule has 0 atom stereocenters. The second-order valence-electron chi connectivity index (χ2n) is 3.70. The van der Waals surface area contributed by atoms with Crippen LogP contribution < -0.4 is 4.18 Å². The number of imidazole rings is 1. The van der Waals surface area contributed by atoms with Gasteiger partial charge in [0.2, 0.25) is 0 Å². The van der Waals surface area contributed by atoms with Crippen LogP contribution in [0.25, 0.3) is 0 Å². The Bertz CT molecular complexity index is 614. The summed E-state index contributed by atoms with van der Waals surface area (Å²) in [6, 6.07) is 6.40. The number of nitrogens with zero attached hydrogens (tertiary/aromatic N) is 1. The molecule has 90 valence electrons. The molecule has 1 aromatic carbocycles. The molecule has 1 N–H and O–H groups in total. The summed E-state index contributed by atoms with van der Waals surface area (Å²) in [5.41, 5.74) is 1.65. The summed E-state index contributed by atoms with van der Waals surface area (Å²) in [7, 11) is -3.81. The van der Waals surface area contributed by atoms with Crippen LogP contribution in [0.5, 0.6) is 6.01 Å². The van der Waals surface area contributed by atoms with Crippen molar-refractivity contribution in [2.45, 2.75) is 18.7 Å². The van der Waals surface area contributed by atoms with Crippen molar-refractivity contribution < 1.29 is 12.6 Å². The van der Waals surface area contributed by atoms with E-state index in [1.54, 1.807) is 25.3 Å². The van der Waals surface area contributed by atoms with E-state index < -0.39 is 10.1 Å². The van der Waals surface area contributed by atoms with E-state index in [4.69, 9.17) is 4.18 Å². The lowest BCUT2D eigenvalue weighted by atomic mass is 10.2. The Morgan fingerprint density at radius 2 is 1.82 bits per heavy atom. The van der Waals surface area contributed by atoms with Crippen LogP contribution in [0.2, 0.25) is 0 Å². The third-order valence-electron chi connectivity index (χ3n) is 2.18. The van der Waals surface area contributed by atoms with Crippen LogP contribution in [-0.4, -0.2) is 18.4 Å². The molecule has 1 heterocycles. The van der Waals surface area contributed by atoms with E-state index in [1.807, 2.05) is 6.92 Å². The molecular formula is C11H12N2O3S. The molecule has 1 aromatic heterocycles. The fourth-order valence-electron chi connectivity index (χ4n) is 1.29. The van der Waals surface area contributed by atoms with Gasteiger partial charge in [0.15, 0.2) is 0 Å². The van der Waals surface area contributed by atoms with Crippen LogP contribution in [-0.2, 0) is 10.1 Å². The second-order valence-corrected chi connectivity index (χ2v) is 5.24. The fraction of sp³-hybridized carbons (Fsp3) is 0.182. The first kappa shape index (κ1) is 11.7. The maximum Gasteiger partial charge on any atom is 0.341 e. The summed E-state index contributed by atoms with van der Waals surface area (Å²) >= 11 is 0. The van der Waals surface area contributed by atoms with E-state index in [2.05, 4.69) is 9.97 Å². The van der Waals surface area contributed by atoms with Crippen LogP contribution in [0.15, 0.2) is 35.4 Å². The highest BCUT2D eigenvalue weighted by Crippen LogP contribution is 2.15. The van der Waals surface area contributed by atoms with Gasteiger partial charge in [-0.25, -0.2) is 0 Å². The minimum atomic E-state index is -3.81. The van der Waals surface area contributed by atoms with Gasteiger partial charge in [-0.15, -0.1) is 0 Å². The molecule has 0 spiro atoms. The lowest BCUT2D eigenvalue weighted by Crippen LogP contribution is -2.10. The van der Waals surface area contributed by atoms with Gasteiger partial charge in [0.25, 0.3) is 0 Å². The number of hydrogen-bond acceptors (Lipinski definition) is 4. The zero-order chi connectivity index (χ0) is 12.5. The molecule has 2 aromatic rings. The molecule has 6 heteroatoms. The molecule has 0 aliphatic heterocycles. The van der Waals surface area contributed by atoms with Crippen LogP contribution in [0.4, 0.5) is 0 Å². The monoisotopic (exact) mass is 252 g/mol. The smallest absolute Gasteiger partial charge is 0.341 e. The lowest BCUT2D eigenvalue weighted by molar-refractivity contribution is 0.467. The molecule has 0 amide bonds. The molecule has 0 unspecified atom stereocenters. The molecule has 0 saturated heterocycles. The zero-order valence-electron chi connectivity index (χ0n) is 9.47. The third-order valence-corrected chi connectivity index (χ3v) is 3.41. The highest BCUT2D eigenvalue weighted by Gasteiger charge is 2.17. The van der Waals surface area contributed by atoms with Crippen molar-refractivity contribution >= 4 is 10.1 Å². The normalized spacial score (nSPS) is 11.4. The van der Waals surface area contributed by atoms with E-state index in [9.17, 15) is 8.42 Å². The predicted octanol–water partition coefficient (Wildman–Crippen LogP) is 1.79. The van der Waals surface area contributed by atoms with E-state index in [0.717, 1.165) is 5.56 Å².